The maximum Gasteiger partial charge on any atom is 0.248 e. The zero-order chi connectivity index (χ0) is 16.8. The second kappa shape index (κ2) is 7.69. The van der Waals surface area contributed by atoms with Crippen LogP contribution in [-0.2, 0) is 11.3 Å². The Bertz CT molecular complexity index is 771. The second-order valence-corrected chi connectivity index (χ2v) is 6.18. The molecule has 0 fully saturated rings. The number of nitrogens with zero attached hydrogens (tertiary/aromatic N) is 4. The van der Waals surface area contributed by atoms with E-state index in [4.69, 9.17) is 0 Å². The molecule has 0 bridgehead atoms. The highest BCUT2D eigenvalue weighted by Crippen LogP contribution is 2.13. The Labute approximate surface area is 143 Å². The number of benzene rings is 1. The lowest BCUT2D eigenvalue weighted by Gasteiger charge is -2.16. The third-order valence-corrected chi connectivity index (χ3v) is 4.39. The predicted molar refractivity (Wildman–Crippen MR) is 93.0 cm³/mol. The standard InChI is InChI=1S/C16H18N6OS/c1-2-14(15(23)17-11-13-9-6-10-24-13)18-16-19-20-21-22(16)12-7-4-3-5-8-12/h3-10,14H,2,11H2,1H3,(H,17,23)(H,18,19,21)/t14-/m1/s1. The normalized spacial score (nSPS) is 11.9. The van der Waals surface area contributed by atoms with Gasteiger partial charge in [-0.05, 0) is 40.4 Å². The molecule has 0 spiro atoms. The number of para-hydroxylation sites is 1. The molecule has 1 amide bonds. The summed E-state index contributed by atoms with van der Waals surface area (Å²) < 4.78 is 1.58. The molecule has 0 aliphatic carbocycles. The lowest BCUT2D eigenvalue weighted by Crippen LogP contribution is -2.39. The molecule has 0 unspecified atom stereocenters. The third kappa shape index (κ3) is 3.77. The molecule has 3 aromatic rings. The van der Waals surface area contributed by atoms with Gasteiger partial charge in [0.25, 0.3) is 0 Å². The predicted octanol–water partition coefficient (Wildman–Crippen LogP) is 2.23. The van der Waals surface area contributed by atoms with Crippen molar-refractivity contribution in [1.82, 2.24) is 25.5 Å². The van der Waals surface area contributed by atoms with E-state index >= 15 is 0 Å². The molecule has 2 N–H and O–H groups in total. The van der Waals surface area contributed by atoms with Gasteiger partial charge in [-0.3, -0.25) is 4.79 Å². The SMILES string of the molecule is CC[C@@H](Nc1nnnn1-c1ccccc1)C(=O)NCc1cccs1. The Hall–Kier alpha value is -2.74. The molecule has 0 radical (unpaired) electrons. The van der Waals surface area contributed by atoms with Crippen LogP contribution in [-0.4, -0.2) is 32.2 Å². The number of carbonyl (C=O) groups is 1. The van der Waals surface area contributed by atoms with Gasteiger partial charge >= 0.3 is 0 Å². The van der Waals surface area contributed by atoms with E-state index in [2.05, 4.69) is 26.2 Å². The van der Waals surface area contributed by atoms with Crippen molar-refractivity contribution in [3.63, 3.8) is 0 Å². The van der Waals surface area contributed by atoms with Gasteiger partial charge in [-0.2, -0.15) is 4.68 Å². The van der Waals surface area contributed by atoms with E-state index in [1.165, 1.54) is 0 Å². The van der Waals surface area contributed by atoms with Crippen molar-refractivity contribution < 1.29 is 4.79 Å². The van der Waals surface area contributed by atoms with Crippen LogP contribution < -0.4 is 10.6 Å². The molecule has 8 heteroatoms. The van der Waals surface area contributed by atoms with E-state index < -0.39 is 6.04 Å². The van der Waals surface area contributed by atoms with Crippen LogP contribution in [0.4, 0.5) is 5.95 Å². The maximum absolute atomic E-state index is 12.4. The van der Waals surface area contributed by atoms with E-state index in [1.54, 1.807) is 16.0 Å². The summed E-state index contributed by atoms with van der Waals surface area (Å²) >= 11 is 1.62. The van der Waals surface area contributed by atoms with Gasteiger partial charge in [-0.1, -0.05) is 36.3 Å². The molecule has 7 nitrogen and oxygen atoms in total. The number of anilines is 1. The molecule has 124 valence electrons. The highest BCUT2D eigenvalue weighted by molar-refractivity contribution is 7.09. The summed E-state index contributed by atoms with van der Waals surface area (Å²) in [5, 5.41) is 19.7. The van der Waals surface area contributed by atoms with Gasteiger partial charge < -0.3 is 10.6 Å². The molecule has 1 atom stereocenters. The fraction of sp³-hybridized carbons (Fsp3) is 0.250. The zero-order valence-electron chi connectivity index (χ0n) is 13.2. The number of amides is 1. The summed E-state index contributed by atoms with van der Waals surface area (Å²) in [6, 6.07) is 13.1. The van der Waals surface area contributed by atoms with Crippen molar-refractivity contribution in [3.8, 4) is 5.69 Å². The number of aromatic nitrogens is 4. The maximum atomic E-state index is 12.4. The van der Waals surface area contributed by atoms with Crippen LogP contribution in [0, 0.1) is 0 Å². The van der Waals surface area contributed by atoms with Crippen LogP contribution in [0.25, 0.3) is 5.69 Å². The van der Waals surface area contributed by atoms with Crippen molar-refractivity contribution in [2.45, 2.75) is 25.9 Å². The Morgan fingerprint density at radius 1 is 1.25 bits per heavy atom. The molecule has 3 rings (SSSR count). The molecule has 24 heavy (non-hydrogen) atoms. The summed E-state index contributed by atoms with van der Waals surface area (Å²) in [6.07, 6.45) is 0.623. The summed E-state index contributed by atoms with van der Waals surface area (Å²) in [6.45, 7) is 2.47. The Morgan fingerprint density at radius 3 is 2.79 bits per heavy atom. The minimum Gasteiger partial charge on any atom is -0.349 e. The molecule has 1 aromatic carbocycles. The van der Waals surface area contributed by atoms with Gasteiger partial charge in [0, 0.05) is 4.88 Å². The average Bonchev–Trinajstić information content (AvgIpc) is 3.30. The molecular formula is C16H18N6OS. The minimum atomic E-state index is -0.404. The van der Waals surface area contributed by atoms with Crippen molar-refractivity contribution in [1.29, 1.82) is 0 Å². The second-order valence-electron chi connectivity index (χ2n) is 5.15. The number of hydrogen-bond donors (Lipinski definition) is 2. The van der Waals surface area contributed by atoms with Crippen LogP contribution in [0.2, 0.25) is 0 Å². The first-order valence-electron chi connectivity index (χ1n) is 7.68. The van der Waals surface area contributed by atoms with Crippen molar-refractivity contribution in [2.75, 3.05) is 5.32 Å². The third-order valence-electron chi connectivity index (χ3n) is 3.52. The van der Waals surface area contributed by atoms with Crippen LogP contribution in [0.1, 0.15) is 18.2 Å². The summed E-state index contributed by atoms with van der Waals surface area (Å²) in [4.78, 5) is 13.5. The average molecular weight is 342 g/mol. The number of thiophene rings is 1. The van der Waals surface area contributed by atoms with E-state index in [1.807, 2.05) is 54.8 Å². The molecule has 0 saturated heterocycles. The van der Waals surface area contributed by atoms with E-state index in [0.717, 1.165) is 10.6 Å². The van der Waals surface area contributed by atoms with Gasteiger partial charge in [-0.15, -0.1) is 11.3 Å². The first kappa shape index (κ1) is 16.1. The summed E-state index contributed by atoms with van der Waals surface area (Å²) in [7, 11) is 0. The van der Waals surface area contributed by atoms with Crippen LogP contribution in [0.3, 0.4) is 0 Å². The van der Waals surface area contributed by atoms with Crippen molar-refractivity contribution >= 4 is 23.2 Å². The van der Waals surface area contributed by atoms with Crippen LogP contribution >= 0.6 is 11.3 Å². The van der Waals surface area contributed by atoms with Crippen LogP contribution in [0.15, 0.2) is 47.8 Å². The van der Waals surface area contributed by atoms with Gasteiger partial charge in [-0.25, -0.2) is 0 Å². The Balaban J connectivity index is 1.67. The Kier molecular flexibility index (Phi) is 5.17. The molecule has 2 heterocycles. The number of rotatable bonds is 7. The fourth-order valence-electron chi connectivity index (χ4n) is 2.24. The van der Waals surface area contributed by atoms with E-state index in [9.17, 15) is 4.79 Å². The molecule has 0 aliphatic rings. The first-order chi connectivity index (χ1) is 11.8. The fourth-order valence-corrected chi connectivity index (χ4v) is 2.88. The number of nitrogens with one attached hydrogen (secondary N) is 2. The van der Waals surface area contributed by atoms with Crippen molar-refractivity contribution in [3.05, 3.63) is 52.7 Å². The highest BCUT2D eigenvalue weighted by atomic mass is 32.1. The van der Waals surface area contributed by atoms with Gasteiger partial charge in [0.05, 0.1) is 12.2 Å². The van der Waals surface area contributed by atoms with Crippen molar-refractivity contribution in [2.24, 2.45) is 0 Å². The van der Waals surface area contributed by atoms with Crippen LogP contribution in [0.5, 0.6) is 0 Å². The molecule has 0 aliphatic heterocycles. The van der Waals surface area contributed by atoms with E-state index in [0.29, 0.717) is 18.9 Å². The summed E-state index contributed by atoms with van der Waals surface area (Å²) in [5.74, 6) is 0.368. The van der Waals surface area contributed by atoms with E-state index in [-0.39, 0.29) is 5.91 Å². The molecule has 0 saturated carbocycles. The number of tetrazole rings is 1. The molecule has 2 aromatic heterocycles. The first-order valence-corrected chi connectivity index (χ1v) is 8.56. The smallest absolute Gasteiger partial charge is 0.248 e. The minimum absolute atomic E-state index is 0.0755. The zero-order valence-corrected chi connectivity index (χ0v) is 14.0. The number of carbonyl (C=O) groups excluding carboxylic acids is 1. The largest absolute Gasteiger partial charge is 0.349 e. The topological polar surface area (TPSA) is 84.7 Å². The van der Waals surface area contributed by atoms with Gasteiger partial charge in [0.2, 0.25) is 11.9 Å². The highest BCUT2D eigenvalue weighted by Gasteiger charge is 2.19. The Morgan fingerprint density at radius 2 is 2.08 bits per heavy atom. The van der Waals surface area contributed by atoms with Gasteiger partial charge in [0.1, 0.15) is 6.04 Å². The lowest BCUT2D eigenvalue weighted by molar-refractivity contribution is -0.122. The monoisotopic (exact) mass is 342 g/mol. The van der Waals surface area contributed by atoms with Gasteiger partial charge in [0.15, 0.2) is 0 Å². The quantitative estimate of drug-likeness (QED) is 0.688. The summed E-state index contributed by atoms with van der Waals surface area (Å²) in [5.41, 5.74) is 0.832. The molecular weight excluding hydrogens is 324 g/mol. The lowest BCUT2D eigenvalue weighted by atomic mass is 10.2. The number of hydrogen-bond acceptors (Lipinski definition) is 6.